The average molecular weight is 511 g/mol. The van der Waals surface area contributed by atoms with E-state index in [1.165, 1.54) is 0 Å². The summed E-state index contributed by atoms with van der Waals surface area (Å²) in [5, 5.41) is 9.26. The molecule has 1 atom stereocenters. The highest BCUT2D eigenvalue weighted by molar-refractivity contribution is 6.02. The molecule has 10 nitrogen and oxygen atoms in total. The molecule has 1 aromatic heterocycles. The summed E-state index contributed by atoms with van der Waals surface area (Å²) >= 11 is 0. The van der Waals surface area contributed by atoms with Gasteiger partial charge in [0.2, 0.25) is 0 Å². The van der Waals surface area contributed by atoms with Crippen LogP contribution in [-0.4, -0.2) is 96.6 Å². The number of urea groups is 1. The Bertz CT molecular complexity index is 1080. The monoisotopic (exact) mass is 510 g/mol. The van der Waals surface area contributed by atoms with Gasteiger partial charge >= 0.3 is 6.03 Å². The van der Waals surface area contributed by atoms with Crippen molar-refractivity contribution in [1.29, 1.82) is 0 Å². The maximum atomic E-state index is 13.7. The summed E-state index contributed by atoms with van der Waals surface area (Å²) in [6, 6.07) is 11.2. The maximum absolute atomic E-state index is 13.7. The van der Waals surface area contributed by atoms with Crippen molar-refractivity contribution in [2.45, 2.75) is 25.8 Å². The van der Waals surface area contributed by atoms with Gasteiger partial charge in [0.25, 0.3) is 5.91 Å². The molecule has 1 aromatic carbocycles. The molecule has 3 heterocycles. The average Bonchev–Trinajstić information content (AvgIpc) is 3.56. The molecule has 0 saturated carbocycles. The number of benzene rings is 1. The van der Waals surface area contributed by atoms with Gasteiger partial charge in [0, 0.05) is 52.4 Å². The van der Waals surface area contributed by atoms with Crippen molar-refractivity contribution in [2.75, 3.05) is 59.6 Å². The third-order valence-electron chi connectivity index (χ3n) is 6.84. The van der Waals surface area contributed by atoms with Gasteiger partial charge in [-0.2, -0.15) is 5.10 Å². The minimum Gasteiger partial charge on any atom is -0.497 e. The predicted octanol–water partition coefficient (Wildman–Crippen LogP) is 2.47. The Hall–Kier alpha value is -3.37. The van der Waals surface area contributed by atoms with Crippen molar-refractivity contribution >= 4 is 17.6 Å². The van der Waals surface area contributed by atoms with Gasteiger partial charge in [-0.05, 0) is 36.2 Å². The minimum absolute atomic E-state index is 0.0452. The molecule has 0 bridgehead atoms. The number of carbonyl (C=O) groups excluding carboxylic acids is 2. The number of methoxy groups -OCH3 is 1. The number of aromatic nitrogens is 1. The third kappa shape index (κ3) is 6.69. The number of morpholine rings is 1. The van der Waals surface area contributed by atoms with Gasteiger partial charge in [0.05, 0.1) is 37.8 Å². The molecule has 0 unspecified atom stereocenters. The lowest BCUT2D eigenvalue weighted by Crippen LogP contribution is -2.49. The fourth-order valence-electron chi connectivity index (χ4n) is 4.66. The minimum atomic E-state index is -0.261. The van der Waals surface area contributed by atoms with E-state index in [9.17, 15) is 9.59 Å². The van der Waals surface area contributed by atoms with Gasteiger partial charge in [-0.1, -0.05) is 19.1 Å². The second kappa shape index (κ2) is 12.7. The van der Waals surface area contributed by atoms with Crippen LogP contribution in [0.5, 0.6) is 5.75 Å². The summed E-state index contributed by atoms with van der Waals surface area (Å²) < 4.78 is 12.8. The van der Waals surface area contributed by atoms with Crippen molar-refractivity contribution < 1.29 is 19.1 Å². The molecule has 0 aliphatic carbocycles. The van der Waals surface area contributed by atoms with Crippen LogP contribution in [0, 0.1) is 0 Å². The number of rotatable bonds is 10. The lowest BCUT2D eigenvalue weighted by molar-refractivity contribution is -0.133. The first-order valence-electron chi connectivity index (χ1n) is 13.0. The number of aryl methyl sites for hydroxylation is 1. The van der Waals surface area contributed by atoms with Crippen molar-refractivity contribution in [1.82, 2.24) is 24.7 Å². The molecule has 0 spiro atoms. The third-order valence-corrected chi connectivity index (χ3v) is 6.84. The Labute approximate surface area is 218 Å². The van der Waals surface area contributed by atoms with Gasteiger partial charge in [-0.3, -0.25) is 9.69 Å². The first kappa shape index (κ1) is 26.7. The van der Waals surface area contributed by atoms with E-state index in [4.69, 9.17) is 14.6 Å². The smallest absolute Gasteiger partial charge is 0.317 e. The van der Waals surface area contributed by atoms with Crippen molar-refractivity contribution in [3.63, 3.8) is 0 Å². The summed E-state index contributed by atoms with van der Waals surface area (Å²) in [4.78, 5) is 30.6. The number of ether oxygens (including phenoxy) is 2. The molecule has 1 N–H and O–H groups in total. The Morgan fingerprint density at radius 3 is 2.59 bits per heavy atom. The molecular formula is C27H38N6O4. The summed E-state index contributed by atoms with van der Waals surface area (Å²) in [5.74, 6) is 0.545. The lowest BCUT2D eigenvalue weighted by atomic mass is 10.0. The fraction of sp³-hybridized carbons (Fsp3) is 0.519. The lowest BCUT2D eigenvalue weighted by Gasteiger charge is -2.31. The largest absolute Gasteiger partial charge is 0.497 e. The molecule has 2 aromatic rings. The van der Waals surface area contributed by atoms with Crippen molar-refractivity contribution in [3.8, 4) is 5.75 Å². The van der Waals surface area contributed by atoms with Crippen molar-refractivity contribution in [3.05, 3.63) is 53.9 Å². The SMILES string of the molecule is CCCNC(=O)N(CCN1CCOCC1)CC(=O)N1N=C(c2cccn2C)C[C@@H]1c1ccc(OC)cc1. The first-order chi connectivity index (χ1) is 18.0. The van der Waals surface area contributed by atoms with Crippen LogP contribution in [0.3, 0.4) is 0 Å². The summed E-state index contributed by atoms with van der Waals surface area (Å²) in [6.45, 7) is 6.71. The van der Waals surface area contributed by atoms with E-state index >= 15 is 0 Å². The molecule has 37 heavy (non-hydrogen) atoms. The number of nitrogens with one attached hydrogen (secondary N) is 1. The quantitative estimate of drug-likeness (QED) is 0.530. The van der Waals surface area contributed by atoms with E-state index in [2.05, 4.69) is 10.2 Å². The van der Waals surface area contributed by atoms with Crippen LogP contribution in [-0.2, 0) is 16.6 Å². The molecule has 1 saturated heterocycles. The van der Waals surface area contributed by atoms with E-state index < -0.39 is 0 Å². The highest BCUT2D eigenvalue weighted by atomic mass is 16.5. The number of carbonyl (C=O) groups is 2. The van der Waals surface area contributed by atoms with Crippen LogP contribution in [0.4, 0.5) is 4.79 Å². The van der Waals surface area contributed by atoms with Crippen LogP contribution in [0.2, 0.25) is 0 Å². The summed E-state index contributed by atoms with van der Waals surface area (Å²) in [5.41, 5.74) is 2.79. The van der Waals surface area contributed by atoms with Gasteiger partial charge in [0.15, 0.2) is 0 Å². The molecule has 10 heteroatoms. The van der Waals surface area contributed by atoms with Crippen LogP contribution in [0.1, 0.15) is 37.1 Å². The summed E-state index contributed by atoms with van der Waals surface area (Å²) in [7, 11) is 3.60. The molecule has 3 amide bonds. The molecular weight excluding hydrogens is 472 g/mol. The fourth-order valence-corrected chi connectivity index (χ4v) is 4.66. The zero-order chi connectivity index (χ0) is 26.2. The zero-order valence-electron chi connectivity index (χ0n) is 22.1. The van der Waals surface area contributed by atoms with Crippen LogP contribution < -0.4 is 10.1 Å². The maximum Gasteiger partial charge on any atom is 0.317 e. The highest BCUT2D eigenvalue weighted by Crippen LogP contribution is 2.33. The molecule has 2 aliphatic heterocycles. The second-order valence-corrected chi connectivity index (χ2v) is 9.39. The van der Waals surface area contributed by atoms with Gasteiger partial charge in [-0.25, -0.2) is 9.80 Å². The van der Waals surface area contributed by atoms with Crippen LogP contribution >= 0.6 is 0 Å². The van der Waals surface area contributed by atoms with Gasteiger partial charge in [0.1, 0.15) is 12.3 Å². The number of nitrogens with zero attached hydrogens (tertiary/aromatic N) is 5. The topological polar surface area (TPSA) is 91.6 Å². The number of hydrazone groups is 1. The number of hydrogen-bond donors (Lipinski definition) is 1. The predicted molar refractivity (Wildman–Crippen MR) is 142 cm³/mol. The normalized spacial score (nSPS) is 18.0. The van der Waals surface area contributed by atoms with Crippen molar-refractivity contribution in [2.24, 2.45) is 12.1 Å². The van der Waals surface area contributed by atoms with E-state index in [1.54, 1.807) is 17.0 Å². The Morgan fingerprint density at radius 1 is 1.19 bits per heavy atom. The van der Waals surface area contributed by atoms with E-state index in [0.717, 1.165) is 42.2 Å². The van der Waals surface area contributed by atoms with E-state index in [1.807, 2.05) is 61.1 Å². The standard InChI is InChI=1S/C27H38N6O4/c1-4-11-28-27(35)32(14-13-31-15-17-37-18-16-31)20-26(34)33-25(21-7-9-22(36-3)10-8-21)19-23(29-33)24-6-5-12-30(24)2/h5-10,12,25H,4,11,13-20H2,1-3H3,(H,28,35)/t25-/m1/s1. The second-order valence-electron chi connectivity index (χ2n) is 9.39. The molecule has 4 rings (SSSR count). The van der Waals surface area contributed by atoms with E-state index in [-0.39, 0.29) is 24.5 Å². The van der Waals surface area contributed by atoms with Gasteiger partial charge < -0.3 is 24.3 Å². The highest BCUT2D eigenvalue weighted by Gasteiger charge is 2.35. The number of hydrogen-bond acceptors (Lipinski definition) is 6. The molecule has 2 aliphatic rings. The van der Waals surface area contributed by atoms with Crippen LogP contribution in [0.25, 0.3) is 0 Å². The molecule has 200 valence electrons. The molecule has 1 fully saturated rings. The first-order valence-corrected chi connectivity index (χ1v) is 13.0. The van der Waals surface area contributed by atoms with E-state index in [0.29, 0.717) is 39.3 Å². The Morgan fingerprint density at radius 2 is 1.95 bits per heavy atom. The molecule has 0 radical (unpaired) electrons. The Kier molecular flexibility index (Phi) is 9.19. The zero-order valence-corrected chi connectivity index (χ0v) is 22.1. The van der Waals surface area contributed by atoms with Gasteiger partial charge in [-0.15, -0.1) is 0 Å². The Balaban J connectivity index is 1.54. The summed E-state index contributed by atoms with van der Waals surface area (Å²) in [6.07, 6.45) is 3.38. The number of amides is 3. The van der Waals surface area contributed by atoms with Crippen LogP contribution in [0.15, 0.2) is 47.7 Å².